The maximum absolute atomic E-state index is 12.1. The van der Waals surface area contributed by atoms with Crippen LogP contribution in [0.4, 0.5) is 5.69 Å². The van der Waals surface area contributed by atoms with Crippen LogP contribution in [0.5, 0.6) is 0 Å². The van der Waals surface area contributed by atoms with Gasteiger partial charge in [-0.3, -0.25) is 19.3 Å². The summed E-state index contributed by atoms with van der Waals surface area (Å²) in [5.74, 6) is -1.49. The largest absolute Gasteiger partial charge is 0.395 e. The molecule has 1 aromatic carbocycles. The average molecular weight is 303 g/mol. The second kappa shape index (κ2) is 5.98. The summed E-state index contributed by atoms with van der Waals surface area (Å²) in [6, 6.07) is 3.23. The maximum Gasteiger partial charge on any atom is 0.277 e. The van der Waals surface area contributed by atoms with Gasteiger partial charge in [-0.2, -0.15) is 0 Å². The van der Waals surface area contributed by atoms with Crippen molar-refractivity contribution in [2.24, 2.45) is 5.73 Å². The molecule has 0 saturated carbocycles. The number of nitrogens with two attached hydrogens (primary N) is 1. The lowest BCUT2D eigenvalue weighted by molar-refractivity contribution is -0.137. The number of aliphatic hydroxyl groups is 1. The van der Waals surface area contributed by atoms with Gasteiger partial charge in [0.15, 0.2) is 0 Å². The first-order chi connectivity index (χ1) is 10.3. The van der Waals surface area contributed by atoms with E-state index in [1.54, 1.807) is 26.0 Å². The molecule has 0 unspecified atom stereocenters. The lowest BCUT2D eigenvalue weighted by Crippen LogP contribution is -2.34. The zero-order valence-corrected chi connectivity index (χ0v) is 12.3. The Morgan fingerprint density at radius 2 is 1.86 bits per heavy atom. The standard InChI is InChI=1S/C15H17N3O4/c1-8-5-10(14(16)21)6-9(2)13(8)17-11-7-12(20)18(3-4-19)15(11)22/h5-7,17,19H,3-4H2,1-2H3,(H2,16,21). The minimum Gasteiger partial charge on any atom is -0.395 e. The third-order valence-electron chi connectivity index (χ3n) is 3.41. The summed E-state index contributed by atoms with van der Waals surface area (Å²) in [5.41, 5.74) is 7.88. The number of aliphatic hydroxyl groups excluding tert-OH is 1. The molecule has 0 aliphatic carbocycles. The molecule has 1 aromatic rings. The van der Waals surface area contributed by atoms with Crippen molar-refractivity contribution in [2.45, 2.75) is 13.8 Å². The zero-order valence-electron chi connectivity index (χ0n) is 12.3. The summed E-state index contributed by atoms with van der Waals surface area (Å²) >= 11 is 0. The van der Waals surface area contributed by atoms with Crippen LogP contribution in [0.15, 0.2) is 23.9 Å². The Kier molecular flexibility index (Phi) is 4.27. The molecule has 0 fully saturated rings. The first-order valence-corrected chi connectivity index (χ1v) is 6.71. The topological polar surface area (TPSA) is 113 Å². The number of imide groups is 1. The predicted octanol–water partition coefficient (Wildman–Crippen LogP) is 0.0592. The number of hydrogen-bond donors (Lipinski definition) is 3. The third kappa shape index (κ3) is 2.84. The monoisotopic (exact) mass is 303 g/mol. The molecule has 0 atom stereocenters. The Bertz CT molecular complexity index is 671. The Morgan fingerprint density at radius 3 is 2.36 bits per heavy atom. The van der Waals surface area contributed by atoms with Crippen LogP contribution in [0.3, 0.4) is 0 Å². The zero-order chi connectivity index (χ0) is 16.4. The molecule has 2 rings (SSSR count). The van der Waals surface area contributed by atoms with Gasteiger partial charge in [-0.05, 0) is 37.1 Å². The fraction of sp³-hybridized carbons (Fsp3) is 0.267. The lowest BCUT2D eigenvalue weighted by Gasteiger charge is -2.16. The highest BCUT2D eigenvalue weighted by Gasteiger charge is 2.31. The van der Waals surface area contributed by atoms with Crippen molar-refractivity contribution in [3.63, 3.8) is 0 Å². The fourth-order valence-corrected chi connectivity index (χ4v) is 2.35. The number of nitrogens with zero attached hydrogens (tertiary/aromatic N) is 1. The molecule has 1 heterocycles. The van der Waals surface area contributed by atoms with Crippen molar-refractivity contribution in [2.75, 3.05) is 18.5 Å². The van der Waals surface area contributed by atoms with E-state index in [1.807, 2.05) is 0 Å². The number of β-amino-alcohol motifs (C(OH)–C–C–N with tert-alkyl or cyclic N) is 1. The Hall–Kier alpha value is -2.67. The predicted molar refractivity (Wildman–Crippen MR) is 79.9 cm³/mol. The van der Waals surface area contributed by atoms with E-state index in [0.29, 0.717) is 11.3 Å². The van der Waals surface area contributed by atoms with Gasteiger partial charge >= 0.3 is 0 Å². The normalized spacial score (nSPS) is 14.3. The van der Waals surface area contributed by atoms with Gasteiger partial charge in [-0.15, -0.1) is 0 Å². The molecule has 1 aliphatic heterocycles. The summed E-state index contributed by atoms with van der Waals surface area (Å²) in [7, 11) is 0. The van der Waals surface area contributed by atoms with Crippen molar-refractivity contribution >= 4 is 23.4 Å². The van der Waals surface area contributed by atoms with Gasteiger partial charge in [-0.1, -0.05) is 0 Å². The maximum atomic E-state index is 12.1. The lowest BCUT2D eigenvalue weighted by atomic mass is 10.0. The number of rotatable bonds is 5. The Morgan fingerprint density at radius 1 is 1.27 bits per heavy atom. The second-order valence-corrected chi connectivity index (χ2v) is 5.05. The van der Waals surface area contributed by atoms with E-state index in [9.17, 15) is 14.4 Å². The van der Waals surface area contributed by atoms with E-state index < -0.39 is 17.7 Å². The van der Waals surface area contributed by atoms with Crippen molar-refractivity contribution in [1.29, 1.82) is 0 Å². The minimum absolute atomic E-state index is 0.0437. The molecule has 3 amide bonds. The summed E-state index contributed by atoms with van der Waals surface area (Å²) in [6.07, 6.45) is 1.19. The van der Waals surface area contributed by atoms with E-state index in [0.717, 1.165) is 16.0 Å². The van der Waals surface area contributed by atoms with Gasteiger partial charge < -0.3 is 16.2 Å². The molecule has 116 valence electrons. The van der Waals surface area contributed by atoms with Crippen molar-refractivity contribution < 1.29 is 19.5 Å². The quantitative estimate of drug-likeness (QED) is 0.666. The van der Waals surface area contributed by atoms with E-state index in [2.05, 4.69) is 5.32 Å². The van der Waals surface area contributed by atoms with Crippen LogP contribution >= 0.6 is 0 Å². The Balaban J connectivity index is 2.29. The first kappa shape index (κ1) is 15.7. The van der Waals surface area contributed by atoms with E-state index in [4.69, 9.17) is 10.8 Å². The molecular formula is C15H17N3O4. The molecule has 0 radical (unpaired) electrons. The van der Waals surface area contributed by atoms with Crippen LogP contribution in [-0.4, -0.2) is 40.9 Å². The molecule has 7 heteroatoms. The number of hydrogen-bond acceptors (Lipinski definition) is 5. The molecule has 0 bridgehead atoms. The van der Waals surface area contributed by atoms with Gasteiger partial charge in [-0.25, -0.2) is 0 Å². The number of primary amides is 1. The van der Waals surface area contributed by atoms with Crippen molar-refractivity contribution in [1.82, 2.24) is 4.90 Å². The molecule has 22 heavy (non-hydrogen) atoms. The van der Waals surface area contributed by atoms with Crippen LogP contribution in [-0.2, 0) is 9.59 Å². The van der Waals surface area contributed by atoms with Crippen LogP contribution < -0.4 is 11.1 Å². The minimum atomic E-state index is -0.529. The average Bonchev–Trinajstić information content (AvgIpc) is 2.70. The number of amides is 3. The van der Waals surface area contributed by atoms with E-state index >= 15 is 0 Å². The van der Waals surface area contributed by atoms with Crippen LogP contribution in [0, 0.1) is 13.8 Å². The highest BCUT2D eigenvalue weighted by atomic mass is 16.3. The highest BCUT2D eigenvalue weighted by Crippen LogP contribution is 2.25. The summed E-state index contributed by atoms with van der Waals surface area (Å²) in [4.78, 5) is 36.0. The van der Waals surface area contributed by atoms with Crippen LogP contribution in [0.25, 0.3) is 0 Å². The van der Waals surface area contributed by atoms with Gasteiger partial charge in [0.1, 0.15) is 5.70 Å². The summed E-state index contributed by atoms with van der Waals surface area (Å²) < 4.78 is 0. The molecular weight excluding hydrogens is 286 g/mol. The SMILES string of the molecule is Cc1cc(C(N)=O)cc(C)c1NC1=CC(=O)N(CCO)C1=O. The molecule has 1 aliphatic rings. The van der Waals surface area contributed by atoms with Crippen LogP contribution in [0.2, 0.25) is 0 Å². The first-order valence-electron chi connectivity index (χ1n) is 6.71. The third-order valence-corrected chi connectivity index (χ3v) is 3.41. The number of benzene rings is 1. The highest BCUT2D eigenvalue weighted by molar-refractivity contribution is 6.17. The van der Waals surface area contributed by atoms with Gasteiger partial charge in [0.2, 0.25) is 5.91 Å². The van der Waals surface area contributed by atoms with Crippen molar-refractivity contribution in [3.8, 4) is 0 Å². The number of anilines is 1. The van der Waals surface area contributed by atoms with Crippen LogP contribution in [0.1, 0.15) is 21.5 Å². The molecule has 0 aromatic heterocycles. The smallest absolute Gasteiger partial charge is 0.277 e. The summed E-state index contributed by atoms with van der Waals surface area (Å²) in [5, 5.41) is 11.8. The summed E-state index contributed by atoms with van der Waals surface area (Å²) in [6.45, 7) is 3.21. The number of carbonyl (C=O) groups is 3. The van der Waals surface area contributed by atoms with E-state index in [1.165, 1.54) is 6.08 Å². The van der Waals surface area contributed by atoms with Gasteiger partial charge in [0.25, 0.3) is 11.8 Å². The van der Waals surface area contributed by atoms with E-state index in [-0.39, 0.29) is 18.8 Å². The number of carbonyl (C=O) groups excluding carboxylic acids is 3. The van der Waals surface area contributed by atoms with Crippen molar-refractivity contribution in [3.05, 3.63) is 40.6 Å². The molecule has 0 saturated heterocycles. The Labute approximate surface area is 127 Å². The second-order valence-electron chi connectivity index (χ2n) is 5.05. The number of nitrogens with one attached hydrogen (secondary N) is 1. The fourth-order valence-electron chi connectivity index (χ4n) is 2.35. The molecule has 7 nitrogen and oxygen atoms in total. The molecule has 4 N–H and O–H groups in total. The van der Waals surface area contributed by atoms with Gasteiger partial charge in [0.05, 0.1) is 13.2 Å². The molecule has 0 spiro atoms. The number of aryl methyl sites for hydroxylation is 2. The van der Waals surface area contributed by atoms with Gasteiger partial charge in [0, 0.05) is 17.3 Å².